The van der Waals surface area contributed by atoms with Gasteiger partial charge in [0.25, 0.3) is 0 Å². The van der Waals surface area contributed by atoms with Crippen molar-refractivity contribution in [3.63, 3.8) is 0 Å². The third-order valence-corrected chi connectivity index (χ3v) is 2.90. The van der Waals surface area contributed by atoms with Gasteiger partial charge in [0.05, 0.1) is 0 Å². The zero-order valence-electron chi connectivity index (χ0n) is 11.1. The molecule has 0 aromatic rings. The van der Waals surface area contributed by atoms with Crippen molar-refractivity contribution in [2.75, 3.05) is 19.6 Å². The molecular weight excluding hydrogens is 218 g/mol. The zero-order chi connectivity index (χ0) is 12.9. The van der Waals surface area contributed by atoms with Crippen LogP contribution in [0.2, 0.25) is 0 Å². The Morgan fingerprint density at radius 2 is 2.06 bits per heavy atom. The molecule has 0 aromatic heterocycles. The first-order valence-corrected chi connectivity index (χ1v) is 6.32. The lowest BCUT2D eigenvalue weighted by Crippen LogP contribution is -2.45. The summed E-state index contributed by atoms with van der Waals surface area (Å²) in [6, 6.07) is 0.116. The van der Waals surface area contributed by atoms with Crippen LogP contribution in [0.25, 0.3) is 0 Å². The summed E-state index contributed by atoms with van der Waals surface area (Å²) in [5.41, 5.74) is 5.29. The predicted molar refractivity (Wildman–Crippen MR) is 67.8 cm³/mol. The van der Waals surface area contributed by atoms with E-state index in [1.807, 2.05) is 20.8 Å². The molecule has 17 heavy (non-hydrogen) atoms. The van der Waals surface area contributed by atoms with Crippen molar-refractivity contribution in [1.29, 1.82) is 0 Å². The first kappa shape index (κ1) is 14.3. The number of carbonyl (C=O) groups excluding carboxylic acids is 1. The molecule has 2 unspecified atom stereocenters. The van der Waals surface area contributed by atoms with Crippen LogP contribution >= 0.6 is 0 Å². The lowest BCUT2D eigenvalue weighted by Gasteiger charge is -2.27. The predicted octanol–water partition coefficient (Wildman–Crippen LogP) is 0.838. The highest BCUT2D eigenvalue weighted by Gasteiger charge is 2.26. The molecule has 2 atom stereocenters. The van der Waals surface area contributed by atoms with Gasteiger partial charge in [0.1, 0.15) is 5.60 Å². The Labute approximate surface area is 103 Å². The summed E-state index contributed by atoms with van der Waals surface area (Å²) in [6.07, 6.45) is 1.56. The molecule has 0 aliphatic carbocycles. The molecule has 5 heteroatoms. The first-order valence-electron chi connectivity index (χ1n) is 6.32. The molecule has 0 saturated carbocycles. The molecule has 1 rings (SSSR count). The van der Waals surface area contributed by atoms with Crippen molar-refractivity contribution < 1.29 is 9.53 Å². The lowest BCUT2D eigenvalue weighted by molar-refractivity contribution is 0.0485. The maximum Gasteiger partial charge on any atom is 0.407 e. The molecule has 0 spiro atoms. The number of ether oxygens (including phenoxy) is 1. The monoisotopic (exact) mass is 243 g/mol. The molecule has 0 aromatic carbocycles. The van der Waals surface area contributed by atoms with Crippen molar-refractivity contribution in [1.82, 2.24) is 10.6 Å². The van der Waals surface area contributed by atoms with Crippen LogP contribution < -0.4 is 16.4 Å². The third kappa shape index (κ3) is 5.37. The van der Waals surface area contributed by atoms with Crippen LogP contribution in [0.15, 0.2) is 0 Å². The third-order valence-electron chi connectivity index (χ3n) is 2.90. The minimum absolute atomic E-state index is 0.116. The second-order valence-electron chi connectivity index (χ2n) is 5.58. The van der Waals surface area contributed by atoms with Crippen LogP contribution in [-0.4, -0.2) is 37.4 Å². The van der Waals surface area contributed by atoms with Gasteiger partial charge < -0.3 is 21.1 Å². The number of alkyl carbamates (subject to hydrolysis) is 1. The summed E-state index contributed by atoms with van der Waals surface area (Å²) in [7, 11) is 0. The normalized spacial score (nSPS) is 26.1. The molecule has 1 aliphatic heterocycles. The fourth-order valence-corrected chi connectivity index (χ4v) is 2.04. The summed E-state index contributed by atoms with van der Waals surface area (Å²) in [5.74, 6) is 0.331. The van der Waals surface area contributed by atoms with Crippen molar-refractivity contribution in [3.8, 4) is 0 Å². The number of hydrogen-bond donors (Lipinski definition) is 3. The zero-order valence-corrected chi connectivity index (χ0v) is 11.1. The first-order chi connectivity index (χ1) is 7.92. The van der Waals surface area contributed by atoms with E-state index in [0.29, 0.717) is 12.5 Å². The molecule has 4 N–H and O–H groups in total. The van der Waals surface area contributed by atoms with Crippen LogP contribution in [0, 0.1) is 5.92 Å². The highest BCUT2D eigenvalue weighted by atomic mass is 16.6. The highest BCUT2D eigenvalue weighted by molar-refractivity contribution is 5.68. The van der Waals surface area contributed by atoms with Gasteiger partial charge in [-0.15, -0.1) is 0 Å². The molecule has 1 heterocycles. The van der Waals surface area contributed by atoms with Gasteiger partial charge in [-0.3, -0.25) is 0 Å². The highest BCUT2D eigenvalue weighted by Crippen LogP contribution is 2.14. The molecule has 1 saturated heterocycles. The molecule has 1 aliphatic rings. The van der Waals surface area contributed by atoms with Gasteiger partial charge in [0, 0.05) is 6.04 Å². The Hall–Kier alpha value is -0.810. The largest absolute Gasteiger partial charge is 0.444 e. The van der Waals surface area contributed by atoms with E-state index in [1.54, 1.807) is 0 Å². The second-order valence-corrected chi connectivity index (χ2v) is 5.58. The summed E-state index contributed by atoms with van der Waals surface area (Å²) in [4.78, 5) is 11.7. The number of amides is 1. The van der Waals surface area contributed by atoms with Gasteiger partial charge in [-0.1, -0.05) is 0 Å². The molecule has 1 amide bonds. The van der Waals surface area contributed by atoms with Crippen molar-refractivity contribution >= 4 is 6.09 Å². The van der Waals surface area contributed by atoms with Gasteiger partial charge in [0.15, 0.2) is 0 Å². The summed E-state index contributed by atoms with van der Waals surface area (Å²) in [5, 5.41) is 6.25. The minimum Gasteiger partial charge on any atom is -0.444 e. The standard InChI is InChI=1S/C12H25N3O2/c1-12(2,3)17-11(16)15-10-5-7-14-6-4-9(10)8-13/h9-10,14H,4-8,13H2,1-3H3,(H,15,16). The van der Waals surface area contributed by atoms with Gasteiger partial charge in [-0.05, 0) is 59.2 Å². The van der Waals surface area contributed by atoms with E-state index in [9.17, 15) is 4.79 Å². The Morgan fingerprint density at radius 3 is 2.65 bits per heavy atom. The van der Waals surface area contributed by atoms with E-state index in [2.05, 4.69) is 10.6 Å². The Balaban J connectivity index is 2.49. The molecule has 100 valence electrons. The van der Waals surface area contributed by atoms with Crippen LogP contribution in [0.4, 0.5) is 4.79 Å². The number of rotatable bonds is 2. The van der Waals surface area contributed by atoms with Crippen molar-refractivity contribution in [2.45, 2.75) is 45.3 Å². The maximum absolute atomic E-state index is 11.7. The molecule has 0 bridgehead atoms. The SMILES string of the molecule is CC(C)(C)OC(=O)NC1CCNCCC1CN. The van der Waals surface area contributed by atoms with E-state index in [1.165, 1.54) is 0 Å². The average Bonchev–Trinajstić information content (AvgIpc) is 2.39. The average molecular weight is 243 g/mol. The quantitative estimate of drug-likeness (QED) is 0.671. The smallest absolute Gasteiger partial charge is 0.407 e. The summed E-state index contributed by atoms with van der Waals surface area (Å²) in [6.45, 7) is 8.07. The molecular formula is C12H25N3O2. The number of nitrogens with one attached hydrogen (secondary N) is 2. The van der Waals surface area contributed by atoms with Crippen molar-refractivity contribution in [3.05, 3.63) is 0 Å². The Morgan fingerprint density at radius 1 is 1.41 bits per heavy atom. The van der Waals surface area contributed by atoms with Crippen LogP contribution in [0.1, 0.15) is 33.6 Å². The van der Waals surface area contributed by atoms with Gasteiger partial charge in [-0.2, -0.15) is 0 Å². The Bertz CT molecular complexity index is 251. The fourth-order valence-electron chi connectivity index (χ4n) is 2.04. The number of hydrogen-bond acceptors (Lipinski definition) is 4. The second kappa shape index (κ2) is 6.21. The van der Waals surface area contributed by atoms with Crippen LogP contribution in [0.3, 0.4) is 0 Å². The fraction of sp³-hybridized carbons (Fsp3) is 0.917. The lowest BCUT2D eigenvalue weighted by atomic mass is 9.95. The van der Waals surface area contributed by atoms with Gasteiger partial charge >= 0.3 is 6.09 Å². The Kier molecular flexibility index (Phi) is 5.21. The molecule has 5 nitrogen and oxygen atoms in total. The molecule has 1 fully saturated rings. The van der Waals surface area contributed by atoms with E-state index >= 15 is 0 Å². The molecule has 0 radical (unpaired) electrons. The van der Waals surface area contributed by atoms with Crippen LogP contribution in [-0.2, 0) is 4.74 Å². The van der Waals surface area contributed by atoms with Crippen LogP contribution in [0.5, 0.6) is 0 Å². The summed E-state index contributed by atoms with van der Waals surface area (Å²) >= 11 is 0. The van der Waals surface area contributed by atoms with E-state index in [4.69, 9.17) is 10.5 Å². The number of nitrogens with two attached hydrogens (primary N) is 1. The van der Waals surface area contributed by atoms with E-state index < -0.39 is 5.60 Å². The van der Waals surface area contributed by atoms with Gasteiger partial charge in [-0.25, -0.2) is 4.79 Å². The number of carbonyl (C=O) groups is 1. The summed E-state index contributed by atoms with van der Waals surface area (Å²) < 4.78 is 5.26. The minimum atomic E-state index is -0.453. The van der Waals surface area contributed by atoms with Crippen molar-refractivity contribution in [2.24, 2.45) is 11.7 Å². The topological polar surface area (TPSA) is 76.4 Å². The van der Waals surface area contributed by atoms with Gasteiger partial charge in [0.2, 0.25) is 0 Å². The maximum atomic E-state index is 11.7. The van der Waals surface area contributed by atoms with E-state index in [-0.39, 0.29) is 12.1 Å². The van der Waals surface area contributed by atoms with E-state index in [0.717, 1.165) is 25.9 Å².